The Bertz CT molecular complexity index is 723. The highest BCUT2D eigenvalue weighted by molar-refractivity contribution is 7.91. The number of hydrogen-bond donors (Lipinski definition) is 0. The van der Waals surface area contributed by atoms with Crippen molar-refractivity contribution < 1.29 is 27.5 Å². The summed E-state index contributed by atoms with van der Waals surface area (Å²) in [6.45, 7) is 0.834. The van der Waals surface area contributed by atoms with Gasteiger partial charge in [-0.3, -0.25) is 9.42 Å². The topological polar surface area (TPSA) is 113 Å². The van der Waals surface area contributed by atoms with Crippen molar-refractivity contribution in [2.24, 2.45) is 0 Å². The van der Waals surface area contributed by atoms with Crippen LogP contribution in [0.2, 0.25) is 0 Å². The first-order valence-electron chi connectivity index (χ1n) is 5.45. The molecule has 1 aromatic heterocycles. The van der Waals surface area contributed by atoms with Crippen LogP contribution in [0.3, 0.4) is 0 Å². The fraction of sp³-hybridized carbons (Fsp3) is 0.182. The molecule has 0 aliphatic rings. The van der Waals surface area contributed by atoms with Gasteiger partial charge >= 0.3 is 10.9 Å². The molecule has 0 unspecified atom stereocenters. The highest BCUT2D eigenvalue weighted by atomic mass is 32.2. The molecular formula is C11H10N2O6S. The molecule has 2 rings (SSSR count). The van der Waals surface area contributed by atoms with Gasteiger partial charge in [0.1, 0.15) is 0 Å². The fourth-order valence-electron chi connectivity index (χ4n) is 1.41. The van der Waals surface area contributed by atoms with E-state index in [1.807, 2.05) is 0 Å². The van der Waals surface area contributed by atoms with Gasteiger partial charge in [-0.05, 0) is 24.0 Å². The molecule has 0 atom stereocenters. The van der Waals surface area contributed by atoms with Crippen LogP contribution in [0.25, 0.3) is 0 Å². The van der Waals surface area contributed by atoms with Crippen molar-refractivity contribution in [2.75, 3.05) is 6.61 Å². The highest BCUT2D eigenvalue weighted by Crippen LogP contribution is 2.24. The number of carbonyl (C=O) groups excluding carboxylic acids is 1. The molecule has 9 heteroatoms. The number of ether oxygens (including phenoxy) is 1. The second-order valence-corrected chi connectivity index (χ2v) is 5.71. The summed E-state index contributed by atoms with van der Waals surface area (Å²) in [6.07, 6.45) is 0. The molecule has 1 aromatic carbocycles. The predicted molar refractivity (Wildman–Crippen MR) is 63.5 cm³/mol. The van der Waals surface area contributed by atoms with Gasteiger partial charge in [-0.15, -0.1) is 0 Å². The largest absolute Gasteiger partial charge is 0.446 e. The molecule has 0 fully saturated rings. The average molecular weight is 298 g/mol. The van der Waals surface area contributed by atoms with E-state index in [9.17, 15) is 18.4 Å². The normalized spacial score (nSPS) is 11.2. The number of rotatable bonds is 5. The Morgan fingerprint density at radius 3 is 2.65 bits per heavy atom. The van der Waals surface area contributed by atoms with Crippen LogP contribution in [-0.2, 0) is 14.6 Å². The molecule has 0 N–H and O–H groups in total. The Morgan fingerprint density at radius 1 is 1.40 bits per heavy atom. The summed E-state index contributed by atoms with van der Waals surface area (Å²) in [5, 5.41) is 13.9. The first kappa shape index (κ1) is 14.0. The van der Waals surface area contributed by atoms with Gasteiger partial charge in [-0.2, -0.15) is 0 Å². The third-order valence-electron chi connectivity index (χ3n) is 2.27. The van der Waals surface area contributed by atoms with Crippen LogP contribution in [0.1, 0.15) is 6.92 Å². The molecule has 8 nitrogen and oxygen atoms in total. The Balaban J connectivity index is 2.47. The molecule has 0 saturated carbocycles. The SMILES string of the molecule is CC(=O)COc1no[n+]([O-])c1S(=O)(=O)c1ccccc1. The van der Waals surface area contributed by atoms with E-state index in [4.69, 9.17) is 4.74 Å². The minimum atomic E-state index is -4.15. The average Bonchev–Trinajstić information content (AvgIpc) is 2.79. The van der Waals surface area contributed by atoms with E-state index in [1.54, 1.807) is 6.07 Å². The van der Waals surface area contributed by atoms with Crippen molar-refractivity contribution in [1.29, 1.82) is 0 Å². The third kappa shape index (κ3) is 2.62. The summed E-state index contributed by atoms with van der Waals surface area (Å²) in [5.41, 5.74) is 0. The van der Waals surface area contributed by atoms with E-state index in [0.717, 1.165) is 0 Å². The van der Waals surface area contributed by atoms with Crippen molar-refractivity contribution in [3.05, 3.63) is 35.5 Å². The number of nitrogens with zero attached hydrogens (tertiary/aromatic N) is 2. The summed E-state index contributed by atoms with van der Waals surface area (Å²) in [4.78, 5) is 10.5. The lowest BCUT2D eigenvalue weighted by molar-refractivity contribution is -0.832. The lowest BCUT2D eigenvalue weighted by Crippen LogP contribution is -2.31. The molecule has 1 heterocycles. The van der Waals surface area contributed by atoms with Crippen LogP contribution in [0.5, 0.6) is 5.88 Å². The molecule has 0 saturated heterocycles. The fourth-order valence-corrected chi connectivity index (χ4v) is 2.71. The Kier molecular flexibility index (Phi) is 3.70. The number of hydrogen-bond acceptors (Lipinski definition) is 7. The van der Waals surface area contributed by atoms with E-state index in [2.05, 4.69) is 9.79 Å². The maximum atomic E-state index is 12.3. The van der Waals surface area contributed by atoms with E-state index < -0.39 is 27.4 Å². The van der Waals surface area contributed by atoms with Gasteiger partial charge in [0.05, 0.1) is 10.1 Å². The molecule has 0 aliphatic heterocycles. The van der Waals surface area contributed by atoms with Gasteiger partial charge in [0.15, 0.2) is 12.4 Å². The highest BCUT2D eigenvalue weighted by Gasteiger charge is 2.35. The Hall–Kier alpha value is -2.42. The smallest absolute Gasteiger partial charge is 0.415 e. The van der Waals surface area contributed by atoms with Gasteiger partial charge in [0.2, 0.25) is 0 Å². The number of aromatic nitrogens is 2. The molecule has 0 aliphatic carbocycles. The minimum Gasteiger partial charge on any atom is -0.446 e. The number of Topliss-reactive ketones (excluding diaryl/α,β-unsaturated/α-hetero) is 1. The van der Waals surface area contributed by atoms with E-state index in [1.165, 1.54) is 31.2 Å². The van der Waals surface area contributed by atoms with Gasteiger partial charge < -0.3 is 9.94 Å². The molecule has 0 bridgehead atoms. The van der Waals surface area contributed by atoms with Crippen LogP contribution >= 0.6 is 0 Å². The zero-order valence-corrected chi connectivity index (χ0v) is 11.2. The Morgan fingerprint density at radius 2 is 2.05 bits per heavy atom. The van der Waals surface area contributed by atoms with E-state index in [-0.39, 0.29) is 15.6 Å². The third-order valence-corrected chi connectivity index (χ3v) is 3.99. The van der Waals surface area contributed by atoms with Crippen LogP contribution in [0, 0.1) is 5.21 Å². The lowest BCUT2D eigenvalue weighted by atomic mass is 10.4. The van der Waals surface area contributed by atoms with E-state index >= 15 is 0 Å². The number of benzene rings is 1. The van der Waals surface area contributed by atoms with Crippen LogP contribution < -0.4 is 9.64 Å². The summed E-state index contributed by atoms with van der Waals surface area (Å²) in [6, 6.07) is 7.27. The van der Waals surface area contributed by atoms with E-state index in [0.29, 0.717) is 0 Å². The summed E-state index contributed by atoms with van der Waals surface area (Å²) in [5.74, 6) is -0.896. The van der Waals surface area contributed by atoms with Crippen LogP contribution in [0.15, 0.2) is 44.9 Å². The number of ketones is 1. The van der Waals surface area contributed by atoms with Gasteiger partial charge in [-0.1, -0.05) is 18.2 Å². The molecule has 20 heavy (non-hydrogen) atoms. The van der Waals surface area contributed by atoms with Crippen LogP contribution in [-0.4, -0.2) is 26.0 Å². The molecule has 0 spiro atoms. The van der Waals surface area contributed by atoms with Crippen molar-refractivity contribution >= 4 is 15.6 Å². The first-order valence-corrected chi connectivity index (χ1v) is 6.93. The van der Waals surface area contributed by atoms with Gasteiger partial charge in [0.25, 0.3) is 9.84 Å². The Labute approximate surface area is 114 Å². The standard InChI is InChI=1S/C11H10N2O6S/c1-8(14)7-18-10-11(13(15)19-12-10)20(16,17)9-5-3-2-4-6-9/h2-6H,7H2,1H3. The van der Waals surface area contributed by atoms with Crippen molar-refractivity contribution in [2.45, 2.75) is 16.8 Å². The maximum absolute atomic E-state index is 12.3. The summed E-state index contributed by atoms with van der Waals surface area (Å²) >= 11 is 0. The molecule has 2 aromatic rings. The number of carbonyl (C=O) groups is 1. The quantitative estimate of drug-likeness (QED) is 0.719. The molecular weight excluding hydrogens is 288 g/mol. The van der Waals surface area contributed by atoms with Crippen LogP contribution in [0.4, 0.5) is 0 Å². The summed E-state index contributed by atoms with van der Waals surface area (Å²) in [7, 11) is -4.15. The zero-order chi connectivity index (χ0) is 14.8. The number of sulfone groups is 1. The van der Waals surface area contributed by atoms with Gasteiger partial charge in [-0.25, -0.2) is 8.42 Å². The molecule has 106 valence electrons. The first-order chi connectivity index (χ1) is 9.43. The lowest BCUT2D eigenvalue weighted by Gasteiger charge is -2.01. The molecule has 0 amide bonds. The monoisotopic (exact) mass is 298 g/mol. The maximum Gasteiger partial charge on any atom is 0.415 e. The predicted octanol–water partition coefficient (Wildman–Crippen LogP) is 0.109. The zero-order valence-electron chi connectivity index (χ0n) is 10.3. The minimum absolute atomic E-state index is 0.111. The second kappa shape index (κ2) is 5.29. The summed E-state index contributed by atoms with van der Waals surface area (Å²) < 4.78 is 33.7. The van der Waals surface area contributed by atoms with Gasteiger partial charge in [0, 0.05) is 0 Å². The second-order valence-electron chi connectivity index (χ2n) is 3.85. The van der Waals surface area contributed by atoms with Crippen molar-refractivity contribution in [1.82, 2.24) is 5.16 Å². The van der Waals surface area contributed by atoms with Crippen molar-refractivity contribution in [3.63, 3.8) is 0 Å². The van der Waals surface area contributed by atoms with Crippen molar-refractivity contribution in [3.8, 4) is 5.88 Å². The molecule has 0 radical (unpaired) electrons.